The van der Waals surface area contributed by atoms with Crippen LogP contribution in [0.5, 0.6) is 11.5 Å². The second-order valence-electron chi connectivity index (χ2n) is 12.8. The number of aliphatic hydroxyl groups is 1. The van der Waals surface area contributed by atoms with Gasteiger partial charge in [0.25, 0.3) is 0 Å². The number of fused-ring (bicyclic) bond motifs is 1. The second-order valence-corrected chi connectivity index (χ2v) is 12.8. The SMILES string of the molecule is C=CCOC(=O)NCc1ccccc1-c1ccc([C@@H]2O[C@H](CN3CCc4cc(OC)c(OC)cc4C3)[C@H](C)[C@H](c3ccc(CO)cc3)O2)cc1. The lowest BCUT2D eigenvalue weighted by molar-refractivity contribution is -0.276. The van der Waals surface area contributed by atoms with E-state index in [1.807, 2.05) is 48.5 Å². The van der Waals surface area contributed by atoms with Crippen LogP contribution in [0.2, 0.25) is 0 Å². The number of hydrogen-bond acceptors (Lipinski definition) is 8. The number of aliphatic hydroxyl groups excluding tert-OH is 1. The average molecular weight is 679 g/mol. The van der Waals surface area contributed by atoms with Crippen molar-refractivity contribution in [3.63, 3.8) is 0 Å². The normalized spacial score (nSPS) is 20.4. The van der Waals surface area contributed by atoms with Gasteiger partial charge >= 0.3 is 6.09 Å². The van der Waals surface area contributed by atoms with E-state index in [0.29, 0.717) is 6.54 Å². The molecule has 4 atom stereocenters. The molecular weight excluding hydrogens is 632 g/mol. The fourth-order valence-electron chi connectivity index (χ4n) is 6.81. The van der Waals surface area contributed by atoms with E-state index in [1.54, 1.807) is 14.2 Å². The smallest absolute Gasteiger partial charge is 0.407 e. The molecular formula is C41H46N2O7. The number of hydrogen-bond donors (Lipinski definition) is 2. The van der Waals surface area contributed by atoms with E-state index in [0.717, 1.165) is 70.9 Å². The molecule has 6 rings (SSSR count). The number of alkyl carbamates (subject to hydrolysis) is 1. The van der Waals surface area contributed by atoms with Gasteiger partial charge in [0.05, 0.1) is 33.0 Å². The minimum Gasteiger partial charge on any atom is -0.493 e. The molecule has 1 amide bonds. The number of rotatable bonds is 12. The van der Waals surface area contributed by atoms with Crippen molar-refractivity contribution in [2.45, 2.75) is 51.5 Å². The number of methoxy groups -OCH3 is 2. The second kappa shape index (κ2) is 16.4. The number of nitrogens with zero attached hydrogens (tertiary/aromatic N) is 1. The van der Waals surface area contributed by atoms with Crippen LogP contribution in [0.3, 0.4) is 0 Å². The average Bonchev–Trinajstić information content (AvgIpc) is 3.16. The number of benzene rings is 4. The summed E-state index contributed by atoms with van der Waals surface area (Å²) in [6.07, 6.45) is 1.07. The maximum Gasteiger partial charge on any atom is 0.407 e. The van der Waals surface area contributed by atoms with Crippen LogP contribution >= 0.6 is 0 Å². The fourth-order valence-corrected chi connectivity index (χ4v) is 6.81. The predicted molar refractivity (Wildman–Crippen MR) is 192 cm³/mol. The highest BCUT2D eigenvalue weighted by atomic mass is 16.7. The number of ether oxygens (including phenoxy) is 5. The van der Waals surface area contributed by atoms with Crippen LogP contribution in [0.15, 0.2) is 97.6 Å². The highest BCUT2D eigenvalue weighted by Crippen LogP contribution is 2.43. The van der Waals surface area contributed by atoms with E-state index < -0.39 is 12.4 Å². The number of amides is 1. The Hall–Kier alpha value is -4.67. The van der Waals surface area contributed by atoms with Gasteiger partial charge in [0.1, 0.15) is 6.61 Å². The third-order valence-electron chi connectivity index (χ3n) is 9.63. The third-order valence-corrected chi connectivity index (χ3v) is 9.63. The van der Waals surface area contributed by atoms with Gasteiger partial charge in [-0.2, -0.15) is 0 Å². The molecule has 262 valence electrons. The minimum atomic E-state index is -0.578. The van der Waals surface area contributed by atoms with E-state index >= 15 is 0 Å². The number of nitrogens with one attached hydrogen (secondary N) is 1. The van der Waals surface area contributed by atoms with Crippen molar-refractivity contribution in [1.29, 1.82) is 0 Å². The predicted octanol–water partition coefficient (Wildman–Crippen LogP) is 7.13. The largest absolute Gasteiger partial charge is 0.493 e. The Balaban J connectivity index is 1.22. The molecule has 50 heavy (non-hydrogen) atoms. The monoisotopic (exact) mass is 678 g/mol. The summed E-state index contributed by atoms with van der Waals surface area (Å²) in [4.78, 5) is 14.5. The molecule has 4 aromatic carbocycles. The molecule has 2 aliphatic heterocycles. The first-order valence-corrected chi connectivity index (χ1v) is 17.1. The zero-order valence-corrected chi connectivity index (χ0v) is 29.0. The van der Waals surface area contributed by atoms with Crippen molar-refractivity contribution in [1.82, 2.24) is 10.2 Å². The first-order valence-electron chi connectivity index (χ1n) is 17.1. The summed E-state index contributed by atoms with van der Waals surface area (Å²) in [6.45, 7) is 8.70. The van der Waals surface area contributed by atoms with Gasteiger partial charge in [0.15, 0.2) is 17.8 Å². The third kappa shape index (κ3) is 8.03. The molecule has 0 spiro atoms. The molecule has 0 unspecified atom stereocenters. The standard InChI is InChI=1S/C41H46N2O7/c1-5-20-48-41(45)42-23-33-8-6-7-9-35(33)29-14-16-31(17-15-29)40-49-38(27(2)39(50-40)30-12-10-28(26-44)11-13-30)25-43-19-18-32-21-36(46-3)37(47-4)22-34(32)24-43/h5-17,21-22,27,38-40,44H,1,18-20,23-26H2,2-4H3,(H,42,45)/t27-,38+,39+,40+/m0/s1. The van der Waals surface area contributed by atoms with Crippen LogP contribution in [0.4, 0.5) is 4.79 Å². The first kappa shape index (κ1) is 35.2. The lowest BCUT2D eigenvalue weighted by Crippen LogP contribution is -2.45. The van der Waals surface area contributed by atoms with Crippen molar-refractivity contribution in [3.05, 3.63) is 131 Å². The van der Waals surface area contributed by atoms with Crippen LogP contribution in [0.1, 0.15) is 52.7 Å². The van der Waals surface area contributed by atoms with Gasteiger partial charge in [-0.15, -0.1) is 0 Å². The fraction of sp³-hybridized carbons (Fsp3) is 0.341. The summed E-state index contributed by atoms with van der Waals surface area (Å²) in [5, 5.41) is 12.5. The Morgan fingerprint density at radius 1 is 0.960 bits per heavy atom. The van der Waals surface area contributed by atoms with Gasteiger partial charge in [0.2, 0.25) is 0 Å². The van der Waals surface area contributed by atoms with Gasteiger partial charge in [0, 0.05) is 37.7 Å². The molecule has 0 aromatic heterocycles. The maximum atomic E-state index is 12.1. The molecule has 0 bridgehead atoms. The van der Waals surface area contributed by atoms with Gasteiger partial charge in [-0.3, -0.25) is 4.90 Å². The highest BCUT2D eigenvalue weighted by molar-refractivity contribution is 5.70. The summed E-state index contributed by atoms with van der Waals surface area (Å²) in [6, 6.07) is 28.4. The Morgan fingerprint density at radius 2 is 1.66 bits per heavy atom. The van der Waals surface area contributed by atoms with E-state index in [9.17, 15) is 9.90 Å². The quantitative estimate of drug-likeness (QED) is 0.153. The molecule has 4 aromatic rings. The zero-order valence-electron chi connectivity index (χ0n) is 29.0. The summed E-state index contributed by atoms with van der Waals surface area (Å²) in [5.74, 6) is 1.56. The van der Waals surface area contributed by atoms with Crippen molar-refractivity contribution in [2.24, 2.45) is 5.92 Å². The van der Waals surface area contributed by atoms with Crippen molar-refractivity contribution >= 4 is 6.09 Å². The Bertz CT molecular complexity index is 1760. The van der Waals surface area contributed by atoms with Crippen LogP contribution < -0.4 is 14.8 Å². The molecule has 9 heteroatoms. The Labute approximate surface area is 294 Å². The Morgan fingerprint density at radius 3 is 2.36 bits per heavy atom. The van der Waals surface area contributed by atoms with E-state index in [-0.39, 0.29) is 31.3 Å². The van der Waals surface area contributed by atoms with E-state index in [1.165, 1.54) is 17.2 Å². The van der Waals surface area contributed by atoms with Gasteiger partial charge in [-0.25, -0.2) is 4.79 Å². The number of carbonyl (C=O) groups is 1. The maximum absolute atomic E-state index is 12.1. The minimum absolute atomic E-state index is 0.00620. The van der Waals surface area contributed by atoms with E-state index in [4.69, 9.17) is 23.7 Å². The van der Waals surface area contributed by atoms with E-state index in [2.05, 4.69) is 60.1 Å². The van der Waals surface area contributed by atoms with Gasteiger partial charge in [-0.05, 0) is 57.5 Å². The van der Waals surface area contributed by atoms with Crippen LogP contribution in [-0.2, 0) is 40.3 Å². The summed E-state index contributed by atoms with van der Waals surface area (Å²) >= 11 is 0. The molecule has 2 N–H and O–H groups in total. The molecule has 0 radical (unpaired) electrons. The summed E-state index contributed by atoms with van der Waals surface area (Å²) in [5.41, 5.74) is 8.36. The first-order chi connectivity index (χ1) is 24.4. The molecule has 2 heterocycles. The Kier molecular flexibility index (Phi) is 11.5. The molecule has 1 fully saturated rings. The zero-order chi connectivity index (χ0) is 35.0. The van der Waals surface area contributed by atoms with Crippen LogP contribution in [0.25, 0.3) is 11.1 Å². The van der Waals surface area contributed by atoms with Crippen LogP contribution in [0, 0.1) is 5.92 Å². The lowest BCUT2D eigenvalue weighted by atomic mass is 9.89. The summed E-state index contributed by atoms with van der Waals surface area (Å²) < 4.78 is 29.8. The number of carbonyl (C=O) groups excluding carboxylic acids is 1. The molecule has 2 aliphatic rings. The van der Waals surface area contributed by atoms with Crippen LogP contribution in [-0.4, -0.2) is 56.1 Å². The lowest BCUT2D eigenvalue weighted by Gasteiger charge is -2.43. The summed E-state index contributed by atoms with van der Waals surface area (Å²) in [7, 11) is 3.34. The van der Waals surface area contributed by atoms with Crippen molar-refractivity contribution in [3.8, 4) is 22.6 Å². The molecule has 0 aliphatic carbocycles. The van der Waals surface area contributed by atoms with Crippen molar-refractivity contribution < 1.29 is 33.6 Å². The molecule has 0 saturated carbocycles. The molecule has 1 saturated heterocycles. The van der Waals surface area contributed by atoms with Gasteiger partial charge in [-0.1, -0.05) is 92.4 Å². The van der Waals surface area contributed by atoms with Crippen molar-refractivity contribution in [2.75, 3.05) is 33.9 Å². The topological polar surface area (TPSA) is 98.7 Å². The highest BCUT2D eigenvalue weighted by Gasteiger charge is 2.39. The molecule has 9 nitrogen and oxygen atoms in total. The van der Waals surface area contributed by atoms with Gasteiger partial charge < -0.3 is 34.1 Å².